The first-order valence-electron chi connectivity index (χ1n) is 6.73. The van der Waals surface area contributed by atoms with Crippen LogP contribution < -0.4 is 0 Å². The standard InChI is InChI=1S/C13H10F2.2C2H6/c14-12-5-1-10(2-6-12)9-11-3-7-13(15)8-4-11;2*1-2/h1-8H,9H2;2*1-2H3. The number of hydrogen-bond acceptors (Lipinski definition) is 0. The van der Waals surface area contributed by atoms with Crippen LogP contribution >= 0.6 is 0 Å². The van der Waals surface area contributed by atoms with Crippen LogP contribution in [0.2, 0.25) is 0 Å². The molecule has 2 rings (SSSR count). The zero-order valence-corrected chi connectivity index (χ0v) is 12.1. The minimum absolute atomic E-state index is 0.238. The maximum atomic E-state index is 12.6. The molecule has 2 heteroatoms. The van der Waals surface area contributed by atoms with E-state index >= 15 is 0 Å². The molecule has 19 heavy (non-hydrogen) atoms. The third kappa shape index (κ3) is 6.70. The molecule has 0 saturated heterocycles. The first-order chi connectivity index (χ1) is 9.24. The van der Waals surface area contributed by atoms with Crippen LogP contribution in [0.4, 0.5) is 8.78 Å². The highest BCUT2D eigenvalue weighted by Crippen LogP contribution is 2.10. The van der Waals surface area contributed by atoms with Gasteiger partial charge in [0.15, 0.2) is 0 Å². The maximum Gasteiger partial charge on any atom is 0.123 e. The molecule has 0 spiro atoms. The monoisotopic (exact) mass is 264 g/mol. The van der Waals surface area contributed by atoms with Gasteiger partial charge < -0.3 is 0 Å². The Balaban J connectivity index is 0.000000741. The molecule has 2 aromatic carbocycles. The molecule has 0 aromatic heterocycles. The molecule has 0 atom stereocenters. The Kier molecular flexibility index (Phi) is 9.33. The molecule has 0 nitrogen and oxygen atoms in total. The molecule has 0 unspecified atom stereocenters. The van der Waals surface area contributed by atoms with Crippen molar-refractivity contribution >= 4 is 0 Å². The zero-order chi connectivity index (χ0) is 14.7. The van der Waals surface area contributed by atoms with Gasteiger partial charge in [-0.2, -0.15) is 0 Å². The predicted molar refractivity (Wildman–Crippen MR) is 78.3 cm³/mol. The normalized spacial score (nSPS) is 8.74. The molecule has 0 amide bonds. The summed E-state index contributed by atoms with van der Waals surface area (Å²) in [7, 11) is 0. The summed E-state index contributed by atoms with van der Waals surface area (Å²) in [5.41, 5.74) is 2.03. The van der Waals surface area contributed by atoms with Crippen LogP contribution in [-0.2, 0) is 6.42 Å². The molecule has 0 aliphatic heterocycles. The second-order valence-corrected chi connectivity index (χ2v) is 3.43. The lowest BCUT2D eigenvalue weighted by molar-refractivity contribution is 0.627. The summed E-state index contributed by atoms with van der Waals surface area (Å²) in [6.45, 7) is 8.00. The maximum absolute atomic E-state index is 12.6. The van der Waals surface area contributed by atoms with Gasteiger partial charge in [0.05, 0.1) is 0 Å². The zero-order valence-electron chi connectivity index (χ0n) is 12.1. The van der Waals surface area contributed by atoms with Crippen molar-refractivity contribution in [3.63, 3.8) is 0 Å². The topological polar surface area (TPSA) is 0 Å². The fourth-order valence-corrected chi connectivity index (χ4v) is 1.44. The number of rotatable bonds is 2. The van der Waals surface area contributed by atoms with E-state index in [0.717, 1.165) is 11.1 Å². The average Bonchev–Trinajstić information content (AvgIpc) is 2.48. The van der Waals surface area contributed by atoms with Crippen LogP contribution in [0.5, 0.6) is 0 Å². The first-order valence-corrected chi connectivity index (χ1v) is 6.73. The average molecular weight is 264 g/mol. The van der Waals surface area contributed by atoms with Crippen molar-refractivity contribution in [2.75, 3.05) is 0 Å². The van der Waals surface area contributed by atoms with Gasteiger partial charge in [0.25, 0.3) is 0 Å². The van der Waals surface area contributed by atoms with Crippen molar-refractivity contribution in [3.05, 3.63) is 71.3 Å². The molecule has 0 fully saturated rings. The summed E-state index contributed by atoms with van der Waals surface area (Å²) in [6, 6.07) is 12.7. The van der Waals surface area contributed by atoms with Gasteiger partial charge in [-0.25, -0.2) is 8.78 Å². The largest absolute Gasteiger partial charge is 0.207 e. The third-order valence-corrected chi connectivity index (χ3v) is 2.23. The number of hydrogen-bond donors (Lipinski definition) is 0. The quantitative estimate of drug-likeness (QED) is 0.661. The van der Waals surface area contributed by atoms with Gasteiger partial charge in [0, 0.05) is 0 Å². The highest BCUT2D eigenvalue weighted by molar-refractivity contribution is 5.26. The van der Waals surface area contributed by atoms with E-state index < -0.39 is 0 Å². The molecule has 0 radical (unpaired) electrons. The minimum Gasteiger partial charge on any atom is -0.207 e. The highest BCUT2D eigenvalue weighted by Gasteiger charge is 1.97. The van der Waals surface area contributed by atoms with Crippen LogP contribution in [0.3, 0.4) is 0 Å². The Hall–Kier alpha value is -1.70. The lowest BCUT2D eigenvalue weighted by atomic mass is 10.1. The van der Waals surface area contributed by atoms with Crippen LogP contribution in [0.25, 0.3) is 0 Å². The van der Waals surface area contributed by atoms with Gasteiger partial charge in [-0.15, -0.1) is 0 Å². The Labute approximate surface area is 115 Å². The molecular formula is C17H22F2. The second kappa shape index (κ2) is 10.2. The summed E-state index contributed by atoms with van der Waals surface area (Å²) in [6.07, 6.45) is 0.695. The summed E-state index contributed by atoms with van der Waals surface area (Å²) < 4.78 is 25.3. The highest BCUT2D eigenvalue weighted by atomic mass is 19.1. The molecule has 0 N–H and O–H groups in total. The van der Waals surface area contributed by atoms with E-state index in [0.29, 0.717) is 6.42 Å². The van der Waals surface area contributed by atoms with E-state index in [4.69, 9.17) is 0 Å². The van der Waals surface area contributed by atoms with Crippen LogP contribution in [0.1, 0.15) is 38.8 Å². The van der Waals surface area contributed by atoms with Gasteiger partial charge in [-0.1, -0.05) is 52.0 Å². The summed E-state index contributed by atoms with van der Waals surface area (Å²) >= 11 is 0. The Morgan fingerprint density at radius 1 is 0.579 bits per heavy atom. The molecule has 0 aliphatic rings. The van der Waals surface area contributed by atoms with Crippen molar-refractivity contribution in [1.82, 2.24) is 0 Å². The van der Waals surface area contributed by atoms with Crippen molar-refractivity contribution in [3.8, 4) is 0 Å². The summed E-state index contributed by atoms with van der Waals surface area (Å²) in [5, 5.41) is 0. The van der Waals surface area contributed by atoms with Gasteiger partial charge in [-0.3, -0.25) is 0 Å². The van der Waals surface area contributed by atoms with Crippen molar-refractivity contribution in [2.24, 2.45) is 0 Å². The third-order valence-electron chi connectivity index (χ3n) is 2.23. The second-order valence-electron chi connectivity index (χ2n) is 3.43. The molecular weight excluding hydrogens is 242 g/mol. The summed E-state index contributed by atoms with van der Waals surface area (Å²) in [5.74, 6) is -0.476. The lowest BCUT2D eigenvalue weighted by Crippen LogP contribution is -1.88. The van der Waals surface area contributed by atoms with Crippen LogP contribution in [0, 0.1) is 11.6 Å². The molecule has 2 aromatic rings. The predicted octanol–water partition coefficient (Wildman–Crippen LogP) is 5.61. The van der Waals surface area contributed by atoms with E-state index in [1.807, 2.05) is 27.7 Å². The number of halogens is 2. The Morgan fingerprint density at radius 2 is 0.842 bits per heavy atom. The first kappa shape index (κ1) is 17.3. The minimum atomic E-state index is -0.238. The van der Waals surface area contributed by atoms with Crippen LogP contribution in [-0.4, -0.2) is 0 Å². The molecule has 0 aliphatic carbocycles. The fraction of sp³-hybridized carbons (Fsp3) is 0.294. The van der Waals surface area contributed by atoms with Crippen LogP contribution in [0.15, 0.2) is 48.5 Å². The Morgan fingerprint density at radius 3 is 1.11 bits per heavy atom. The Bertz CT molecular complexity index is 386. The molecule has 0 saturated carbocycles. The van der Waals surface area contributed by atoms with Gasteiger partial charge >= 0.3 is 0 Å². The van der Waals surface area contributed by atoms with E-state index in [2.05, 4.69) is 0 Å². The summed E-state index contributed by atoms with van der Waals surface area (Å²) in [4.78, 5) is 0. The van der Waals surface area contributed by atoms with Crippen molar-refractivity contribution in [1.29, 1.82) is 0 Å². The van der Waals surface area contributed by atoms with Gasteiger partial charge in [-0.05, 0) is 41.8 Å². The smallest absolute Gasteiger partial charge is 0.123 e. The SMILES string of the molecule is CC.CC.Fc1ccc(Cc2ccc(F)cc2)cc1. The van der Waals surface area contributed by atoms with Crippen molar-refractivity contribution < 1.29 is 8.78 Å². The molecule has 0 heterocycles. The molecule has 0 bridgehead atoms. The van der Waals surface area contributed by atoms with E-state index in [-0.39, 0.29) is 11.6 Å². The fourth-order valence-electron chi connectivity index (χ4n) is 1.44. The van der Waals surface area contributed by atoms with Gasteiger partial charge in [0.1, 0.15) is 11.6 Å². The lowest BCUT2D eigenvalue weighted by Gasteiger charge is -2.01. The van der Waals surface area contributed by atoms with E-state index in [9.17, 15) is 8.78 Å². The molecule has 104 valence electrons. The van der Waals surface area contributed by atoms with Crippen molar-refractivity contribution in [2.45, 2.75) is 34.1 Å². The van der Waals surface area contributed by atoms with E-state index in [1.165, 1.54) is 24.3 Å². The number of benzene rings is 2. The van der Waals surface area contributed by atoms with E-state index in [1.54, 1.807) is 24.3 Å². The van der Waals surface area contributed by atoms with Gasteiger partial charge in [0.2, 0.25) is 0 Å².